The van der Waals surface area contributed by atoms with Crippen LogP contribution in [0.1, 0.15) is 46.8 Å². The minimum Gasteiger partial charge on any atom is -0.348 e. The molecule has 1 aliphatic rings. The highest BCUT2D eigenvalue weighted by Crippen LogP contribution is 2.29. The molecular weight excluding hydrogens is 391 g/mol. The Labute approximate surface area is 171 Å². The van der Waals surface area contributed by atoms with Gasteiger partial charge < -0.3 is 5.32 Å². The second-order valence-corrected chi connectivity index (χ2v) is 7.30. The summed E-state index contributed by atoms with van der Waals surface area (Å²) in [5, 5.41) is 3.57. The van der Waals surface area contributed by atoms with Crippen LogP contribution in [0.3, 0.4) is 0 Å². The number of benzene rings is 2. The predicted molar refractivity (Wildman–Crippen MR) is 111 cm³/mol. The third kappa shape index (κ3) is 4.92. The van der Waals surface area contributed by atoms with Gasteiger partial charge in [0.15, 0.2) is 0 Å². The van der Waals surface area contributed by atoms with Crippen molar-refractivity contribution in [2.45, 2.75) is 31.8 Å². The Bertz CT molecular complexity index is 749. The second kappa shape index (κ2) is 9.61. The molecule has 1 N–H and O–H groups in total. The summed E-state index contributed by atoms with van der Waals surface area (Å²) in [7, 11) is 2.19. The Hall–Kier alpha value is -1.26. The van der Waals surface area contributed by atoms with Crippen molar-refractivity contribution in [1.29, 1.82) is 0 Å². The molecule has 0 bridgehead atoms. The van der Waals surface area contributed by atoms with E-state index in [1.165, 1.54) is 24.8 Å². The SMILES string of the molecule is CN1CCCC[C@H]1c1ccc(CNC(=O)c2cccc(Cl)c2Cl)cc1.Cl. The number of hydrogen-bond acceptors (Lipinski definition) is 2. The maximum absolute atomic E-state index is 12.3. The van der Waals surface area contributed by atoms with Gasteiger partial charge in [-0.3, -0.25) is 9.69 Å². The highest BCUT2D eigenvalue weighted by molar-refractivity contribution is 6.43. The number of halogens is 3. The van der Waals surface area contributed by atoms with E-state index in [0.717, 1.165) is 12.1 Å². The van der Waals surface area contributed by atoms with Gasteiger partial charge in [0.25, 0.3) is 5.91 Å². The lowest BCUT2D eigenvalue weighted by atomic mass is 9.95. The molecule has 0 saturated carbocycles. The lowest BCUT2D eigenvalue weighted by molar-refractivity contribution is 0.0951. The Kier molecular flexibility index (Phi) is 7.78. The van der Waals surface area contributed by atoms with E-state index in [9.17, 15) is 4.79 Å². The van der Waals surface area contributed by atoms with E-state index in [1.807, 2.05) is 0 Å². The van der Waals surface area contributed by atoms with Crippen molar-refractivity contribution in [3.63, 3.8) is 0 Å². The zero-order valence-electron chi connectivity index (χ0n) is 14.7. The highest BCUT2D eigenvalue weighted by Gasteiger charge is 2.20. The molecule has 2 aromatic rings. The van der Waals surface area contributed by atoms with Crippen molar-refractivity contribution >= 4 is 41.5 Å². The van der Waals surface area contributed by atoms with Gasteiger partial charge in [-0.1, -0.05) is 60.0 Å². The summed E-state index contributed by atoms with van der Waals surface area (Å²) < 4.78 is 0. The summed E-state index contributed by atoms with van der Waals surface area (Å²) in [6, 6.07) is 14.1. The van der Waals surface area contributed by atoms with Crippen molar-refractivity contribution in [3.05, 3.63) is 69.2 Å². The van der Waals surface area contributed by atoms with E-state index in [1.54, 1.807) is 18.2 Å². The summed E-state index contributed by atoms with van der Waals surface area (Å²) in [5.74, 6) is -0.219. The van der Waals surface area contributed by atoms with Crippen LogP contribution in [-0.2, 0) is 6.54 Å². The zero-order valence-corrected chi connectivity index (χ0v) is 17.0. The van der Waals surface area contributed by atoms with Crippen molar-refractivity contribution in [2.75, 3.05) is 13.6 Å². The van der Waals surface area contributed by atoms with Gasteiger partial charge >= 0.3 is 0 Å². The normalized spacial score (nSPS) is 17.4. The van der Waals surface area contributed by atoms with Crippen molar-refractivity contribution in [3.8, 4) is 0 Å². The number of nitrogens with zero attached hydrogens (tertiary/aromatic N) is 1. The minimum absolute atomic E-state index is 0. The molecule has 0 spiro atoms. The van der Waals surface area contributed by atoms with Crippen LogP contribution in [0.4, 0.5) is 0 Å². The molecule has 140 valence electrons. The fourth-order valence-electron chi connectivity index (χ4n) is 3.31. The molecule has 1 aliphatic heterocycles. The van der Waals surface area contributed by atoms with Gasteiger partial charge in [-0.25, -0.2) is 0 Å². The lowest BCUT2D eigenvalue weighted by Gasteiger charge is -2.32. The van der Waals surface area contributed by atoms with Crippen LogP contribution >= 0.6 is 35.6 Å². The van der Waals surface area contributed by atoms with Crippen LogP contribution in [0.5, 0.6) is 0 Å². The van der Waals surface area contributed by atoms with Gasteiger partial charge in [0.05, 0.1) is 15.6 Å². The van der Waals surface area contributed by atoms with Crippen LogP contribution in [0.25, 0.3) is 0 Å². The summed E-state index contributed by atoms with van der Waals surface area (Å²) >= 11 is 12.1. The van der Waals surface area contributed by atoms with Crippen LogP contribution in [-0.4, -0.2) is 24.4 Å². The lowest BCUT2D eigenvalue weighted by Crippen LogP contribution is -2.29. The molecule has 26 heavy (non-hydrogen) atoms. The maximum atomic E-state index is 12.3. The Morgan fingerprint density at radius 1 is 1.15 bits per heavy atom. The number of amides is 1. The van der Waals surface area contributed by atoms with Gasteiger partial charge in [-0.05, 0) is 49.7 Å². The van der Waals surface area contributed by atoms with E-state index in [2.05, 4.69) is 41.5 Å². The smallest absolute Gasteiger partial charge is 0.253 e. The topological polar surface area (TPSA) is 32.3 Å². The second-order valence-electron chi connectivity index (χ2n) is 6.52. The van der Waals surface area contributed by atoms with Crippen LogP contribution in [0, 0.1) is 0 Å². The number of rotatable bonds is 4. The molecule has 3 nitrogen and oxygen atoms in total. The number of hydrogen-bond donors (Lipinski definition) is 1. The molecule has 1 fully saturated rings. The van der Waals surface area contributed by atoms with E-state index in [-0.39, 0.29) is 23.3 Å². The maximum Gasteiger partial charge on any atom is 0.253 e. The Balaban J connectivity index is 0.00000243. The summed E-state index contributed by atoms with van der Waals surface area (Å²) in [5.41, 5.74) is 2.80. The molecule has 1 amide bonds. The third-order valence-corrected chi connectivity index (χ3v) is 5.60. The van der Waals surface area contributed by atoms with Crippen molar-refractivity contribution < 1.29 is 4.79 Å². The highest BCUT2D eigenvalue weighted by atomic mass is 35.5. The van der Waals surface area contributed by atoms with E-state index < -0.39 is 0 Å². The summed E-state index contributed by atoms with van der Waals surface area (Å²) in [6.45, 7) is 1.62. The minimum atomic E-state index is -0.219. The Morgan fingerprint density at radius 2 is 1.88 bits per heavy atom. The number of piperidine rings is 1. The molecule has 0 aliphatic carbocycles. The molecule has 0 radical (unpaired) electrons. The molecule has 1 saturated heterocycles. The van der Waals surface area contributed by atoms with Gasteiger partial charge in [-0.15, -0.1) is 12.4 Å². The predicted octanol–water partition coefficient (Wildman–Crippen LogP) is 5.50. The first kappa shape index (κ1) is 21.0. The monoisotopic (exact) mass is 412 g/mol. The van der Waals surface area contributed by atoms with Crippen molar-refractivity contribution in [1.82, 2.24) is 10.2 Å². The fourth-order valence-corrected chi connectivity index (χ4v) is 3.70. The average molecular weight is 414 g/mol. The molecule has 0 unspecified atom stereocenters. The van der Waals surface area contributed by atoms with Gasteiger partial charge in [0, 0.05) is 12.6 Å². The summed E-state index contributed by atoms with van der Waals surface area (Å²) in [6.07, 6.45) is 3.77. The van der Waals surface area contributed by atoms with Crippen molar-refractivity contribution in [2.24, 2.45) is 0 Å². The molecule has 0 aromatic heterocycles. The van der Waals surface area contributed by atoms with Gasteiger partial charge in [0.2, 0.25) is 0 Å². The average Bonchev–Trinajstić information content (AvgIpc) is 2.63. The number of carbonyl (C=O) groups excluding carboxylic acids is 1. The number of carbonyl (C=O) groups is 1. The quantitative estimate of drug-likeness (QED) is 0.717. The fraction of sp³-hybridized carbons (Fsp3) is 0.350. The van der Waals surface area contributed by atoms with Crippen LogP contribution in [0.15, 0.2) is 42.5 Å². The third-order valence-electron chi connectivity index (χ3n) is 4.78. The van der Waals surface area contributed by atoms with E-state index >= 15 is 0 Å². The molecule has 2 aromatic carbocycles. The standard InChI is InChI=1S/C20H22Cl2N2O.ClH/c1-24-12-3-2-7-18(24)15-10-8-14(9-11-15)13-23-20(25)16-5-4-6-17(21)19(16)22;/h4-6,8-11,18H,2-3,7,12-13H2,1H3,(H,23,25);1H/t18-;/m0./s1. The number of nitrogens with one attached hydrogen (secondary N) is 1. The first-order valence-electron chi connectivity index (χ1n) is 8.57. The molecule has 3 rings (SSSR count). The van der Waals surface area contributed by atoms with E-state index in [4.69, 9.17) is 23.2 Å². The van der Waals surface area contributed by atoms with Crippen LogP contribution in [0.2, 0.25) is 10.0 Å². The first-order valence-corrected chi connectivity index (χ1v) is 9.33. The molecule has 6 heteroatoms. The van der Waals surface area contributed by atoms with Gasteiger partial charge in [-0.2, -0.15) is 0 Å². The largest absolute Gasteiger partial charge is 0.348 e. The molecule has 1 heterocycles. The first-order chi connectivity index (χ1) is 12.1. The molecule has 1 atom stereocenters. The Morgan fingerprint density at radius 3 is 2.58 bits per heavy atom. The number of likely N-dealkylation sites (tertiary alicyclic amines) is 1. The van der Waals surface area contributed by atoms with Crippen LogP contribution < -0.4 is 5.32 Å². The summed E-state index contributed by atoms with van der Waals surface area (Å²) in [4.78, 5) is 14.7. The zero-order chi connectivity index (χ0) is 17.8. The van der Waals surface area contributed by atoms with E-state index in [0.29, 0.717) is 23.2 Å². The van der Waals surface area contributed by atoms with Gasteiger partial charge in [0.1, 0.15) is 0 Å². The molecular formula is C20H23Cl3N2O.